The summed E-state index contributed by atoms with van der Waals surface area (Å²) < 4.78 is 0. The highest BCUT2D eigenvalue weighted by Crippen LogP contribution is 2.44. The highest BCUT2D eigenvalue weighted by atomic mass is 16.2. The number of nitrogens with one attached hydrogen (secondary N) is 1. The lowest BCUT2D eigenvalue weighted by molar-refractivity contribution is -0.123. The highest BCUT2D eigenvalue weighted by Gasteiger charge is 2.37. The van der Waals surface area contributed by atoms with E-state index in [2.05, 4.69) is 12.2 Å². The highest BCUT2D eigenvalue weighted by molar-refractivity contribution is 5.81. The van der Waals surface area contributed by atoms with Crippen molar-refractivity contribution in [1.82, 2.24) is 5.32 Å². The molecule has 0 aliphatic heterocycles. The van der Waals surface area contributed by atoms with E-state index in [4.69, 9.17) is 5.73 Å². The van der Waals surface area contributed by atoms with Gasteiger partial charge in [0.15, 0.2) is 0 Å². The number of hydrogen-bond donors (Lipinski definition) is 2. The van der Waals surface area contributed by atoms with E-state index in [1.54, 1.807) is 0 Å². The van der Waals surface area contributed by atoms with Crippen molar-refractivity contribution in [2.24, 2.45) is 17.1 Å². The van der Waals surface area contributed by atoms with E-state index in [1.807, 2.05) is 0 Å². The first-order valence-corrected chi connectivity index (χ1v) is 7.12. The van der Waals surface area contributed by atoms with Crippen LogP contribution in [0.2, 0.25) is 0 Å². The molecule has 2 aliphatic rings. The molecule has 1 unspecified atom stereocenters. The molecule has 17 heavy (non-hydrogen) atoms. The first kappa shape index (κ1) is 12.9. The van der Waals surface area contributed by atoms with Crippen LogP contribution in [0.3, 0.4) is 0 Å². The van der Waals surface area contributed by atoms with Crippen molar-refractivity contribution < 1.29 is 4.79 Å². The summed E-state index contributed by atoms with van der Waals surface area (Å²) in [6.45, 7) is 3.03. The fourth-order valence-electron chi connectivity index (χ4n) is 2.71. The monoisotopic (exact) mass is 238 g/mol. The van der Waals surface area contributed by atoms with Gasteiger partial charge in [-0.2, -0.15) is 0 Å². The minimum Gasteiger partial charge on any atom is -0.354 e. The Morgan fingerprint density at radius 2 is 2.00 bits per heavy atom. The van der Waals surface area contributed by atoms with Gasteiger partial charge in [0.05, 0.1) is 6.04 Å². The molecule has 3 heteroatoms. The first-order chi connectivity index (χ1) is 8.09. The second-order valence-corrected chi connectivity index (χ2v) is 6.37. The predicted molar refractivity (Wildman–Crippen MR) is 69.5 cm³/mol. The third-order valence-corrected chi connectivity index (χ3v) is 4.44. The maximum atomic E-state index is 11.9. The van der Waals surface area contributed by atoms with Crippen LogP contribution in [0.1, 0.15) is 58.3 Å². The molecule has 1 atom stereocenters. The van der Waals surface area contributed by atoms with Gasteiger partial charge < -0.3 is 11.1 Å². The lowest BCUT2D eigenvalue weighted by Gasteiger charge is -2.24. The summed E-state index contributed by atoms with van der Waals surface area (Å²) in [6, 6.07) is -0.291. The zero-order chi connectivity index (χ0) is 12.3. The molecule has 98 valence electrons. The molecule has 0 spiro atoms. The zero-order valence-electron chi connectivity index (χ0n) is 11.0. The zero-order valence-corrected chi connectivity index (χ0v) is 11.0. The molecule has 2 aliphatic carbocycles. The van der Waals surface area contributed by atoms with Crippen LogP contribution in [0, 0.1) is 11.3 Å². The molecular weight excluding hydrogens is 212 g/mol. The topological polar surface area (TPSA) is 55.1 Å². The largest absolute Gasteiger partial charge is 0.354 e. The van der Waals surface area contributed by atoms with Crippen molar-refractivity contribution in [3.63, 3.8) is 0 Å². The van der Waals surface area contributed by atoms with E-state index in [1.165, 1.54) is 44.9 Å². The quantitative estimate of drug-likeness (QED) is 0.771. The maximum Gasteiger partial charge on any atom is 0.236 e. The van der Waals surface area contributed by atoms with Crippen molar-refractivity contribution in [2.75, 3.05) is 6.54 Å². The van der Waals surface area contributed by atoms with Crippen LogP contribution in [0.15, 0.2) is 0 Å². The molecule has 0 bridgehead atoms. The molecule has 3 N–H and O–H groups in total. The smallest absolute Gasteiger partial charge is 0.236 e. The first-order valence-electron chi connectivity index (χ1n) is 7.12. The molecule has 0 aromatic carbocycles. The molecule has 2 saturated carbocycles. The van der Waals surface area contributed by atoms with Crippen LogP contribution in [-0.4, -0.2) is 18.5 Å². The van der Waals surface area contributed by atoms with E-state index in [0.29, 0.717) is 11.3 Å². The van der Waals surface area contributed by atoms with Crippen LogP contribution < -0.4 is 11.1 Å². The van der Waals surface area contributed by atoms with E-state index in [0.717, 1.165) is 13.0 Å². The van der Waals surface area contributed by atoms with Gasteiger partial charge in [-0.3, -0.25) is 4.79 Å². The molecule has 0 radical (unpaired) electrons. The Hall–Kier alpha value is -0.570. The van der Waals surface area contributed by atoms with Gasteiger partial charge in [0.2, 0.25) is 5.91 Å². The van der Waals surface area contributed by atoms with Crippen LogP contribution in [0.4, 0.5) is 0 Å². The normalized spacial score (nSPS) is 25.3. The standard InChI is InChI=1S/C14H26N2O/c1-14(7-8-14)10-16-13(17)12(15)9-11-5-3-2-4-6-11/h11-12H,2-10,15H2,1H3,(H,16,17). The van der Waals surface area contributed by atoms with Crippen molar-refractivity contribution in [3.8, 4) is 0 Å². The Morgan fingerprint density at radius 1 is 1.35 bits per heavy atom. The number of amides is 1. The SMILES string of the molecule is CC1(CNC(=O)C(N)CC2CCCCC2)CC1. The maximum absolute atomic E-state index is 11.9. The molecule has 0 aromatic rings. The third-order valence-electron chi connectivity index (χ3n) is 4.44. The fourth-order valence-corrected chi connectivity index (χ4v) is 2.71. The van der Waals surface area contributed by atoms with E-state index < -0.39 is 0 Å². The number of carbonyl (C=O) groups excluding carboxylic acids is 1. The summed E-state index contributed by atoms with van der Waals surface area (Å²) in [4.78, 5) is 11.9. The Morgan fingerprint density at radius 3 is 2.59 bits per heavy atom. The Kier molecular flexibility index (Phi) is 4.08. The average Bonchev–Trinajstić information content (AvgIpc) is 3.06. The minimum atomic E-state index is -0.291. The lowest BCUT2D eigenvalue weighted by atomic mass is 9.85. The predicted octanol–water partition coefficient (Wildman–Crippen LogP) is 2.20. The summed E-state index contributed by atoms with van der Waals surface area (Å²) >= 11 is 0. The molecule has 2 fully saturated rings. The molecule has 0 heterocycles. The van der Waals surface area contributed by atoms with Gasteiger partial charge in [-0.1, -0.05) is 39.0 Å². The summed E-state index contributed by atoms with van der Waals surface area (Å²) in [5.74, 6) is 0.740. The van der Waals surface area contributed by atoms with Gasteiger partial charge in [0, 0.05) is 6.54 Å². The molecule has 0 aromatic heterocycles. The molecule has 2 rings (SSSR count). The number of carbonyl (C=O) groups is 1. The van der Waals surface area contributed by atoms with Crippen LogP contribution in [0.25, 0.3) is 0 Å². The summed E-state index contributed by atoms with van der Waals surface area (Å²) in [6.07, 6.45) is 9.88. The van der Waals surface area contributed by atoms with Gasteiger partial charge >= 0.3 is 0 Å². The second-order valence-electron chi connectivity index (χ2n) is 6.37. The summed E-state index contributed by atoms with van der Waals surface area (Å²) in [5, 5.41) is 3.01. The van der Waals surface area contributed by atoms with Gasteiger partial charge in [-0.25, -0.2) is 0 Å². The summed E-state index contributed by atoms with van der Waals surface area (Å²) in [7, 11) is 0. The van der Waals surface area contributed by atoms with Crippen LogP contribution in [-0.2, 0) is 4.79 Å². The Balaban J connectivity index is 1.66. The minimum absolute atomic E-state index is 0.0590. The van der Waals surface area contributed by atoms with Crippen molar-refractivity contribution in [3.05, 3.63) is 0 Å². The van der Waals surface area contributed by atoms with Gasteiger partial charge in [-0.15, -0.1) is 0 Å². The van der Waals surface area contributed by atoms with Crippen molar-refractivity contribution in [1.29, 1.82) is 0 Å². The molecular formula is C14H26N2O. The lowest BCUT2D eigenvalue weighted by Crippen LogP contribution is -2.43. The van der Waals surface area contributed by atoms with Crippen LogP contribution in [0.5, 0.6) is 0 Å². The summed E-state index contributed by atoms with van der Waals surface area (Å²) in [5.41, 5.74) is 6.36. The Bertz CT molecular complexity index is 267. The average molecular weight is 238 g/mol. The number of nitrogens with two attached hydrogens (primary N) is 1. The van der Waals surface area contributed by atoms with Gasteiger partial charge in [0.25, 0.3) is 0 Å². The molecule has 3 nitrogen and oxygen atoms in total. The number of rotatable bonds is 5. The van der Waals surface area contributed by atoms with Crippen molar-refractivity contribution >= 4 is 5.91 Å². The van der Waals surface area contributed by atoms with Gasteiger partial charge in [0.1, 0.15) is 0 Å². The third kappa shape index (κ3) is 3.98. The second kappa shape index (κ2) is 5.38. The van der Waals surface area contributed by atoms with Crippen LogP contribution >= 0.6 is 0 Å². The van der Waals surface area contributed by atoms with E-state index >= 15 is 0 Å². The van der Waals surface area contributed by atoms with E-state index in [9.17, 15) is 4.79 Å². The molecule has 0 saturated heterocycles. The van der Waals surface area contributed by atoms with Crippen molar-refractivity contribution in [2.45, 2.75) is 64.3 Å². The van der Waals surface area contributed by atoms with E-state index in [-0.39, 0.29) is 11.9 Å². The Labute approximate surface area is 105 Å². The molecule has 1 amide bonds. The van der Waals surface area contributed by atoms with Gasteiger partial charge in [-0.05, 0) is 30.6 Å². The fraction of sp³-hybridized carbons (Fsp3) is 0.929. The number of hydrogen-bond acceptors (Lipinski definition) is 2.